The molecule has 1 aliphatic rings. The summed E-state index contributed by atoms with van der Waals surface area (Å²) in [5, 5.41) is 5.05. The van der Waals surface area contributed by atoms with Crippen LogP contribution in [0.1, 0.15) is 30.5 Å². The predicted octanol–water partition coefficient (Wildman–Crippen LogP) is 2.97. The van der Waals surface area contributed by atoms with Crippen molar-refractivity contribution in [1.82, 2.24) is 4.90 Å². The zero-order valence-electron chi connectivity index (χ0n) is 13.7. The second-order valence-corrected chi connectivity index (χ2v) is 7.33. The number of amides is 2. The molecule has 0 spiro atoms. The summed E-state index contributed by atoms with van der Waals surface area (Å²) in [6.07, 6.45) is 0.0862. The predicted molar refractivity (Wildman–Crippen MR) is 94.4 cm³/mol. The fraction of sp³-hybridized carbons (Fsp3) is 0.312. The lowest BCUT2D eigenvalue weighted by Crippen LogP contribution is -2.35. The number of fused-ring (bicyclic) bond motifs is 1. The Hall–Kier alpha value is -2.39. The first-order valence-corrected chi connectivity index (χ1v) is 9.15. The second-order valence-electron chi connectivity index (χ2n) is 5.27. The highest BCUT2D eigenvalue weighted by atomic mass is 32.1. The number of nitrogens with zero attached hydrogens (tertiary/aromatic N) is 1. The van der Waals surface area contributed by atoms with Crippen molar-refractivity contribution >= 4 is 45.6 Å². The monoisotopic (exact) mass is 380 g/mol. The largest absolute Gasteiger partial charge is 0.465 e. The molecule has 1 aliphatic heterocycles. The van der Waals surface area contributed by atoms with Gasteiger partial charge in [-0.2, -0.15) is 0 Å². The van der Waals surface area contributed by atoms with Crippen LogP contribution in [-0.4, -0.2) is 43.6 Å². The molecule has 2 aromatic rings. The van der Waals surface area contributed by atoms with Crippen molar-refractivity contribution in [1.29, 1.82) is 0 Å². The maximum absolute atomic E-state index is 12.3. The number of anilines is 1. The van der Waals surface area contributed by atoms with Crippen LogP contribution in [-0.2, 0) is 22.4 Å². The number of nitrogens with one attached hydrogen (secondary N) is 1. The first-order chi connectivity index (χ1) is 12.0. The van der Waals surface area contributed by atoms with E-state index in [1.54, 1.807) is 17.0 Å². The summed E-state index contributed by atoms with van der Waals surface area (Å²) in [7, 11) is 2.64. The van der Waals surface area contributed by atoms with Gasteiger partial charge < -0.3 is 19.7 Å². The topological polar surface area (TPSA) is 84.9 Å². The summed E-state index contributed by atoms with van der Waals surface area (Å²) < 4.78 is 9.64. The summed E-state index contributed by atoms with van der Waals surface area (Å²) >= 11 is 2.60. The third kappa shape index (κ3) is 3.38. The van der Waals surface area contributed by atoms with Crippen LogP contribution in [0.3, 0.4) is 0 Å². The third-order valence-electron chi connectivity index (χ3n) is 3.85. The van der Waals surface area contributed by atoms with Gasteiger partial charge in [0.1, 0.15) is 5.00 Å². The van der Waals surface area contributed by atoms with Crippen molar-refractivity contribution in [2.75, 3.05) is 26.1 Å². The quantitative estimate of drug-likeness (QED) is 0.828. The summed E-state index contributed by atoms with van der Waals surface area (Å²) in [4.78, 5) is 39.3. The number of thiophene rings is 2. The van der Waals surface area contributed by atoms with Gasteiger partial charge in [-0.25, -0.2) is 9.59 Å². The zero-order chi connectivity index (χ0) is 18.0. The molecule has 0 aromatic carbocycles. The van der Waals surface area contributed by atoms with Crippen LogP contribution in [0.25, 0.3) is 0 Å². The number of rotatable bonds is 3. The number of hydrogen-bond acceptors (Lipinski definition) is 7. The third-order valence-corrected chi connectivity index (χ3v) is 5.85. The number of carbonyl (C=O) groups is 3. The van der Waals surface area contributed by atoms with E-state index in [4.69, 9.17) is 9.47 Å². The molecule has 0 atom stereocenters. The summed E-state index contributed by atoms with van der Waals surface area (Å²) in [5.74, 6) is -0.769. The molecular formula is C16H16N2O5S2. The van der Waals surface area contributed by atoms with Crippen LogP contribution in [0.15, 0.2) is 17.5 Å². The maximum Gasteiger partial charge on any atom is 0.409 e. The highest BCUT2D eigenvalue weighted by molar-refractivity contribution is 7.17. The smallest absolute Gasteiger partial charge is 0.409 e. The molecule has 132 valence electrons. The Morgan fingerprint density at radius 1 is 1.24 bits per heavy atom. The minimum absolute atomic E-state index is 0.274. The average Bonchev–Trinajstić information content (AvgIpc) is 3.27. The van der Waals surface area contributed by atoms with Crippen molar-refractivity contribution in [3.8, 4) is 0 Å². The van der Waals surface area contributed by atoms with Gasteiger partial charge in [0, 0.05) is 11.4 Å². The van der Waals surface area contributed by atoms with Crippen LogP contribution in [0.2, 0.25) is 0 Å². The molecular weight excluding hydrogens is 364 g/mol. The summed E-state index contributed by atoms with van der Waals surface area (Å²) in [5.41, 5.74) is 1.19. The van der Waals surface area contributed by atoms with Gasteiger partial charge in [0.2, 0.25) is 0 Å². The molecule has 0 bridgehead atoms. The van der Waals surface area contributed by atoms with E-state index < -0.39 is 12.1 Å². The van der Waals surface area contributed by atoms with Crippen LogP contribution in [0, 0.1) is 0 Å². The van der Waals surface area contributed by atoms with Crippen LogP contribution in [0.5, 0.6) is 0 Å². The number of carbonyl (C=O) groups excluding carboxylic acids is 3. The molecule has 9 heteroatoms. The van der Waals surface area contributed by atoms with E-state index in [0.717, 1.165) is 10.4 Å². The van der Waals surface area contributed by atoms with E-state index in [1.807, 2.05) is 5.38 Å². The molecule has 1 N–H and O–H groups in total. The SMILES string of the molecule is COC(=O)c1c(NC(=O)c2cccs2)sc2c1CCN(C(=O)OC)C2. The van der Waals surface area contributed by atoms with E-state index in [0.29, 0.717) is 35.0 Å². The number of esters is 1. The molecule has 7 nitrogen and oxygen atoms in total. The van der Waals surface area contributed by atoms with Crippen molar-refractivity contribution in [2.24, 2.45) is 0 Å². The van der Waals surface area contributed by atoms with E-state index in [-0.39, 0.29) is 5.91 Å². The molecule has 0 radical (unpaired) electrons. The second kappa shape index (κ2) is 7.24. The lowest BCUT2D eigenvalue weighted by Gasteiger charge is -2.25. The Bertz CT molecular complexity index is 813. The maximum atomic E-state index is 12.3. The van der Waals surface area contributed by atoms with E-state index >= 15 is 0 Å². The van der Waals surface area contributed by atoms with Crippen LogP contribution in [0.4, 0.5) is 9.80 Å². The van der Waals surface area contributed by atoms with Crippen molar-refractivity contribution < 1.29 is 23.9 Å². The normalized spacial score (nSPS) is 13.1. The van der Waals surface area contributed by atoms with Gasteiger partial charge in [0.25, 0.3) is 5.91 Å². The van der Waals surface area contributed by atoms with Gasteiger partial charge in [0.05, 0.1) is 31.2 Å². The van der Waals surface area contributed by atoms with Crippen LogP contribution >= 0.6 is 22.7 Å². The standard InChI is InChI=1S/C16H16N2O5S2/c1-22-15(20)12-9-5-6-18(16(21)23-2)8-11(9)25-14(12)17-13(19)10-4-3-7-24-10/h3-4,7H,5-6,8H2,1-2H3,(H,17,19). The van der Waals surface area contributed by atoms with Gasteiger partial charge in [-0.05, 0) is 23.4 Å². The van der Waals surface area contributed by atoms with Crippen molar-refractivity contribution in [3.63, 3.8) is 0 Å². The Labute approximate surface area is 152 Å². The lowest BCUT2D eigenvalue weighted by molar-refractivity contribution is 0.0600. The number of hydrogen-bond donors (Lipinski definition) is 1. The van der Waals surface area contributed by atoms with Gasteiger partial charge >= 0.3 is 12.1 Å². The fourth-order valence-electron chi connectivity index (χ4n) is 2.67. The molecule has 2 amide bonds. The highest BCUT2D eigenvalue weighted by Crippen LogP contribution is 2.38. The van der Waals surface area contributed by atoms with Crippen molar-refractivity contribution in [2.45, 2.75) is 13.0 Å². The van der Waals surface area contributed by atoms with E-state index in [2.05, 4.69) is 5.32 Å². The van der Waals surface area contributed by atoms with Crippen LogP contribution < -0.4 is 5.32 Å². The number of ether oxygens (including phenoxy) is 2. The minimum atomic E-state index is -0.495. The summed E-state index contributed by atoms with van der Waals surface area (Å²) in [6, 6.07) is 3.50. The number of methoxy groups -OCH3 is 2. The van der Waals surface area contributed by atoms with Gasteiger partial charge in [-0.3, -0.25) is 4.79 Å². The Morgan fingerprint density at radius 2 is 2.04 bits per heavy atom. The molecule has 3 heterocycles. The average molecular weight is 380 g/mol. The van der Waals surface area contributed by atoms with E-state index in [9.17, 15) is 14.4 Å². The first kappa shape index (κ1) is 17.4. The Kier molecular flexibility index (Phi) is 5.05. The Morgan fingerprint density at radius 3 is 2.68 bits per heavy atom. The molecule has 0 unspecified atom stereocenters. The van der Waals surface area contributed by atoms with Gasteiger partial charge in [-0.15, -0.1) is 22.7 Å². The molecule has 0 saturated carbocycles. The fourth-order valence-corrected chi connectivity index (χ4v) is 4.53. The van der Waals surface area contributed by atoms with Gasteiger partial charge in [0.15, 0.2) is 0 Å². The molecule has 0 fully saturated rings. The molecule has 25 heavy (non-hydrogen) atoms. The highest BCUT2D eigenvalue weighted by Gasteiger charge is 2.31. The molecule has 0 aliphatic carbocycles. The Balaban J connectivity index is 1.93. The lowest BCUT2D eigenvalue weighted by atomic mass is 10.0. The van der Waals surface area contributed by atoms with E-state index in [1.165, 1.54) is 36.9 Å². The molecule has 0 saturated heterocycles. The van der Waals surface area contributed by atoms with Crippen molar-refractivity contribution in [3.05, 3.63) is 38.4 Å². The minimum Gasteiger partial charge on any atom is -0.465 e. The first-order valence-electron chi connectivity index (χ1n) is 7.45. The summed E-state index contributed by atoms with van der Waals surface area (Å²) in [6.45, 7) is 0.782. The zero-order valence-corrected chi connectivity index (χ0v) is 15.3. The molecule has 3 rings (SSSR count). The van der Waals surface area contributed by atoms with Gasteiger partial charge in [-0.1, -0.05) is 6.07 Å². The molecule has 2 aromatic heterocycles.